The van der Waals surface area contributed by atoms with Crippen molar-refractivity contribution in [3.05, 3.63) is 163 Å². The number of rotatable bonds is 23. The molecule has 13 N–H and O–H groups in total. The van der Waals surface area contributed by atoms with E-state index in [1.165, 1.54) is 55.5 Å². The third-order valence-corrected chi connectivity index (χ3v) is 16.4. The molecular weight excluding hydrogens is 1250 g/mol. The van der Waals surface area contributed by atoms with Crippen LogP contribution in [0.5, 0.6) is 23.0 Å². The number of esters is 1. The first-order chi connectivity index (χ1) is 41.4. The monoisotopic (exact) mass is 1310 g/mol. The average molecular weight is 1310 g/mol. The Hall–Kier alpha value is -9.40. The number of phenols is 2. The topological polar surface area (TPSA) is 380 Å². The van der Waals surface area contributed by atoms with E-state index in [1.54, 1.807) is 66.7 Å². The van der Waals surface area contributed by atoms with Crippen molar-refractivity contribution in [1.29, 1.82) is 0 Å². The van der Waals surface area contributed by atoms with Crippen LogP contribution in [0.3, 0.4) is 0 Å². The van der Waals surface area contributed by atoms with E-state index in [4.69, 9.17) is 26.8 Å². The number of unbranched alkanes of at least 4 members (excludes halogenated alkanes) is 1. The van der Waals surface area contributed by atoms with E-state index in [1.807, 2.05) is 0 Å². The van der Waals surface area contributed by atoms with Crippen molar-refractivity contribution in [2.45, 2.75) is 80.1 Å². The number of carboxylic acids is 2. The van der Waals surface area contributed by atoms with Crippen molar-refractivity contribution in [1.82, 2.24) is 31.9 Å². The lowest BCUT2D eigenvalue weighted by atomic mass is 9.77. The summed E-state index contributed by atoms with van der Waals surface area (Å²) in [7, 11) is -3.88. The summed E-state index contributed by atoms with van der Waals surface area (Å²) in [5, 5.41) is 63.9. The van der Waals surface area contributed by atoms with Crippen molar-refractivity contribution in [3.8, 4) is 34.8 Å². The number of carbonyl (C=O) groups excluding carboxylic acids is 6. The number of amides is 5. The summed E-state index contributed by atoms with van der Waals surface area (Å²) >= 11 is 9.92. The molecule has 6 aromatic rings. The molecule has 0 saturated heterocycles. The quantitative estimate of drug-likeness (QED) is 0.0181. The van der Waals surface area contributed by atoms with Crippen LogP contribution in [0.1, 0.15) is 92.4 Å². The molecule has 0 aliphatic carbocycles. The summed E-state index contributed by atoms with van der Waals surface area (Å²) in [4.78, 5) is 104. The maximum absolute atomic E-state index is 13.7. The fraction of sp³-hybridized carbons (Fsp3) is 0.237. The molecule has 4 atom stereocenters. The first-order valence-electron chi connectivity index (χ1n) is 26.6. The van der Waals surface area contributed by atoms with E-state index < -0.39 is 100 Å². The molecule has 0 saturated carbocycles. The molecule has 0 bridgehead atoms. The molecule has 24 nitrogen and oxygen atoms in total. The van der Waals surface area contributed by atoms with Crippen LogP contribution in [0, 0.1) is 11.8 Å². The van der Waals surface area contributed by atoms with Gasteiger partial charge in [0.15, 0.2) is 10.7 Å². The van der Waals surface area contributed by atoms with Gasteiger partial charge in [0, 0.05) is 71.6 Å². The second-order valence-corrected chi connectivity index (χ2v) is 24.3. The van der Waals surface area contributed by atoms with Crippen LogP contribution in [0.2, 0.25) is 0 Å². The first-order valence-corrected chi connectivity index (χ1v) is 30.1. The molecule has 2 aliphatic heterocycles. The van der Waals surface area contributed by atoms with E-state index in [9.17, 15) is 67.2 Å². The van der Waals surface area contributed by atoms with Gasteiger partial charge in [0.25, 0.3) is 5.91 Å². The summed E-state index contributed by atoms with van der Waals surface area (Å²) in [5.41, 5.74) is 2.23. The third kappa shape index (κ3) is 16.1. The van der Waals surface area contributed by atoms with E-state index in [2.05, 4.69) is 65.0 Å². The Morgan fingerprint density at radius 3 is 1.91 bits per heavy atom. The molecule has 1 aromatic heterocycles. The Morgan fingerprint density at radius 2 is 1.31 bits per heavy atom. The lowest BCUT2D eigenvalue weighted by Gasteiger charge is -2.36. The number of thiocarbonyl (C=S) groups is 1. The van der Waals surface area contributed by atoms with E-state index in [0.717, 1.165) is 11.3 Å². The van der Waals surface area contributed by atoms with Gasteiger partial charge in [0.2, 0.25) is 33.7 Å². The molecule has 3 heterocycles. The van der Waals surface area contributed by atoms with Gasteiger partial charge >= 0.3 is 17.9 Å². The van der Waals surface area contributed by atoms with Gasteiger partial charge in [-0.25, -0.2) is 27.9 Å². The number of nitrogens with one attached hydrogen (secondary N) is 7. The molecule has 452 valence electrons. The van der Waals surface area contributed by atoms with E-state index in [0.29, 0.717) is 54.2 Å². The van der Waals surface area contributed by atoms with Gasteiger partial charge in [-0.05, 0) is 145 Å². The molecule has 1 spiro atoms. The minimum absolute atomic E-state index is 0.0651. The van der Waals surface area contributed by atoms with Crippen molar-refractivity contribution in [2.24, 2.45) is 5.14 Å². The van der Waals surface area contributed by atoms with Gasteiger partial charge in [-0.15, -0.1) is 11.3 Å². The summed E-state index contributed by atoms with van der Waals surface area (Å²) in [6.07, 6.45) is -0.831. The Morgan fingerprint density at radius 1 is 0.701 bits per heavy atom. The average Bonchev–Trinajstić information content (AvgIpc) is 1.63. The molecular formula is C59H55BrN8O16S3. The SMILES string of the molecule is CC(NC(=O)c1ccc(Br)s1)C(=O)N[C@@H](Cc1ccc(C#Cc2ccc(S(N)(=O)=O)cc2)cc1)C(=O)NCCC(=O)N[C@H](CC(=O)N[C@H](CCCCNC(=S)Nc1ccc2c(c1)C(=O)OC21c2ccc(O)cc2Oc2cc(O)ccc21)C(=O)O)C(=O)O. The van der Waals surface area contributed by atoms with Crippen LogP contribution in [0.4, 0.5) is 5.69 Å². The highest BCUT2D eigenvalue weighted by atomic mass is 79.9. The number of hydrogen-bond donors (Lipinski definition) is 12. The Labute approximate surface area is 514 Å². The van der Waals surface area contributed by atoms with Crippen molar-refractivity contribution >= 4 is 108 Å². The maximum Gasteiger partial charge on any atom is 0.340 e. The van der Waals surface area contributed by atoms with Crippen molar-refractivity contribution in [2.75, 3.05) is 18.4 Å². The highest BCUT2D eigenvalue weighted by Crippen LogP contribution is 2.57. The van der Waals surface area contributed by atoms with E-state index in [-0.39, 0.29) is 70.9 Å². The lowest BCUT2D eigenvalue weighted by Crippen LogP contribution is -2.54. The standard InChI is InChI=1S/C59H55BrN8O16S3/c1-31(64-54(75)48-21-22-49(60)86-48)52(73)68-44(26-34-9-7-32(8-10-34)5-6-33-11-16-38(17-12-33)87(61,81)82)53(74)62-25-23-50(71)67-45(56(78)79)30-51(72)66-43(55(76)77)4-2-3-24-63-58(85)65-35-13-18-40-39(27-35)57(80)84-59(40)41-19-14-36(69)28-46(41)83-47-29-37(70)15-20-42(47)59/h7-22,27-29,31,43-45,69-70H,2-4,23-26,30H2,1H3,(H,62,74)(H,64,75)(H,66,72)(H,67,71)(H,68,73)(H,76,77)(H,78,79)(H2,61,81,82)(H2,63,65,85)/t31?,43-,44+,45-/m1/s1. The van der Waals surface area contributed by atoms with Crippen LogP contribution in [0.25, 0.3) is 0 Å². The largest absolute Gasteiger partial charge is 0.508 e. The van der Waals surface area contributed by atoms with Crippen molar-refractivity contribution < 1.29 is 76.7 Å². The van der Waals surface area contributed by atoms with Gasteiger partial charge in [-0.3, -0.25) is 24.0 Å². The number of carboxylic acid groups (broad SMARTS) is 2. The number of phenolic OH excluding ortho intramolecular Hbond substituents is 2. The fourth-order valence-corrected chi connectivity index (χ4v) is 11.4. The van der Waals surface area contributed by atoms with Gasteiger partial charge in [0.05, 0.1) is 25.5 Å². The number of halogens is 1. The number of aromatic hydroxyl groups is 2. The Balaban J connectivity index is 0.795. The molecule has 8 rings (SSSR count). The fourth-order valence-electron chi connectivity index (χ4n) is 9.33. The maximum atomic E-state index is 13.7. The smallest absolute Gasteiger partial charge is 0.340 e. The summed E-state index contributed by atoms with van der Waals surface area (Å²) < 4.78 is 36.0. The van der Waals surface area contributed by atoms with Gasteiger partial charge in [-0.2, -0.15) is 0 Å². The predicted octanol–water partition coefficient (Wildman–Crippen LogP) is 4.57. The van der Waals surface area contributed by atoms with E-state index >= 15 is 0 Å². The zero-order valence-electron chi connectivity index (χ0n) is 45.8. The van der Waals surface area contributed by atoms with Crippen LogP contribution in [-0.2, 0) is 55.5 Å². The molecule has 5 aromatic carbocycles. The number of ether oxygens (including phenoxy) is 2. The molecule has 0 fully saturated rings. The lowest BCUT2D eigenvalue weighted by molar-refractivity contribution is -0.144. The van der Waals surface area contributed by atoms with Crippen LogP contribution < -0.4 is 47.1 Å². The number of carbonyl (C=O) groups is 8. The van der Waals surface area contributed by atoms with Crippen LogP contribution >= 0.6 is 39.5 Å². The Kier molecular flexibility index (Phi) is 20.3. The number of anilines is 1. The normalized spacial score (nSPS) is 13.8. The molecule has 87 heavy (non-hydrogen) atoms. The van der Waals surface area contributed by atoms with Gasteiger partial charge < -0.3 is 67.1 Å². The predicted molar refractivity (Wildman–Crippen MR) is 322 cm³/mol. The minimum atomic E-state index is -3.88. The highest BCUT2D eigenvalue weighted by molar-refractivity contribution is 9.11. The number of nitrogens with two attached hydrogens (primary N) is 1. The molecule has 1 unspecified atom stereocenters. The summed E-state index contributed by atoms with van der Waals surface area (Å²) in [6.45, 7) is 1.33. The molecule has 5 amide bonds. The number of sulfonamides is 1. The zero-order chi connectivity index (χ0) is 62.7. The van der Waals surface area contributed by atoms with Gasteiger partial charge in [-0.1, -0.05) is 30.0 Å². The number of aliphatic carboxylic acids is 2. The first kappa shape index (κ1) is 63.6. The molecule has 0 radical (unpaired) electrons. The number of thiophene rings is 1. The summed E-state index contributed by atoms with van der Waals surface area (Å²) in [5.74, 6) is -1.33. The highest BCUT2D eigenvalue weighted by Gasteiger charge is 2.54. The molecule has 2 aliphatic rings. The zero-order valence-corrected chi connectivity index (χ0v) is 49.8. The van der Waals surface area contributed by atoms with Crippen LogP contribution in [-0.4, -0.2) is 119 Å². The minimum Gasteiger partial charge on any atom is -0.508 e. The number of benzene rings is 5. The second-order valence-electron chi connectivity index (χ2n) is 19.9. The number of primary sulfonamides is 1. The third-order valence-electron chi connectivity index (χ3n) is 13.6. The van der Waals surface area contributed by atoms with Crippen LogP contribution in [0.15, 0.2) is 124 Å². The summed E-state index contributed by atoms with van der Waals surface area (Å²) in [6, 6.07) is 23.7. The number of hydrogen-bond acceptors (Lipinski definition) is 16. The second kappa shape index (κ2) is 27.8. The molecule has 28 heteroatoms. The van der Waals surface area contributed by atoms with Gasteiger partial charge in [0.1, 0.15) is 47.2 Å². The van der Waals surface area contributed by atoms with Crippen molar-refractivity contribution in [3.63, 3.8) is 0 Å². The number of fused-ring (bicyclic) bond motifs is 6. The Bertz CT molecular complexity index is 3840.